The normalized spacial score (nSPS) is 21.8. The van der Waals surface area contributed by atoms with Crippen LogP contribution in [0.5, 0.6) is 0 Å². The van der Waals surface area contributed by atoms with Crippen molar-refractivity contribution in [3.05, 3.63) is 59.1 Å². The molecule has 0 aliphatic heterocycles. The third kappa shape index (κ3) is 1.75. The van der Waals surface area contributed by atoms with E-state index in [4.69, 9.17) is 11.6 Å². The second-order valence-corrected chi connectivity index (χ2v) is 8.90. The van der Waals surface area contributed by atoms with E-state index in [1.165, 1.54) is 11.1 Å². The first-order chi connectivity index (χ1) is 13.7. The topological polar surface area (TPSA) is 34.3 Å². The van der Waals surface area contributed by atoms with Gasteiger partial charge in [-0.3, -0.25) is 9.78 Å². The zero-order valence-electron chi connectivity index (χ0n) is 15.9. The van der Waals surface area contributed by atoms with Crippen LogP contribution in [-0.4, -0.2) is 10.8 Å². The second kappa shape index (κ2) is 5.41. The van der Waals surface area contributed by atoms with Gasteiger partial charge in [-0.15, -0.1) is 0 Å². The minimum absolute atomic E-state index is 0.284. The predicted octanol–water partition coefficient (Wildman–Crippen LogP) is 6.15. The molecule has 3 heteroatoms. The van der Waals surface area contributed by atoms with E-state index in [9.17, 15) is 4.79 Å². The van der Waals surface area contributed by atoms with Crippen LogP contribution >= 0.6 is 0 Å². The summed E-state index contributed by atoms with van der Waals surface area (Å²) in [6.45, 7) is 7.48. The Bertz CT molecular complexity index is 1200. The van der Waals surface area contributed by atoms with Crippen molar-refractivity contribution >= 4 is 33.1 Å². The third-order valence-corrected chi connectivity index (χ3v) is 7.77. The van der Waals surface area contributed by atoms with Gasteiger partial charge in [0.2, 0.25) is 0 Å². The van der Waals surface area contributed by atoms with E-state index in [0.29, 0.717) is 11.5 Å². The number of pyridine rings is 1. The lowest BCUT2D eigenvalue weighted by molar-refractivity contribution is -0.128. The van der Waals surface area contributed by atoms with Gasteiger partial charge in [0.1, 0.15) is 0 Å². The van der Waals surface area contributed by atoms with E-state index in [1.807, 2.05) is 18.3 Å². The number of Topliss-reactive ketones (excluding diaryl/α,β-unsaturated/α-hetero) is 1. The lowest BCUT2D eigenvalue weighted by Crippen LogP contribution is -2.38. The molecule has 28 heavy (non-hydrogen) atoms. The zero-order chi connectivity index (χ0) is 18.9. The number of carbonyl (C=O) groups is 1. The Hall–Kier alpha value is -2.73. The number of rotatable bonds is 0. The molecule has 3 aromatic rings. The number of nitrogens with zero attached hydrogens (tertiary/aromatic N) is 2. The molecule has 1 aromatic heterocycles. The van der Waals surface area contributed by atoms with Crippen LogP contribution in [0.3, 0.4) is 0 Å². The maximum absolute atomic E-state index is 14.0. The van der Waals surface area contributed by atoms with Crippen LogP contribution in [0.4, 0.5) is 5.69 Å². The van der Waals surface area contributed by atoms with Crippen molar-refractivity contribution < 1.29 is 4.79 Å². The Morgan fingerprint density at radius 1 is 0.857 bits per heavy atom. The Kier molecular flexibility index (Phi) is 3.14. The standard InChI is InChI=1S/C25H22N2O/c1-26-20-8-6-7-17-16(20)9-10-18-21-19(15-27-22(17)18)24(11-2-3-12-24)23(28)25(21)13-4-5-14-25/h6-10,15H,2-5,11-14H2. The maximum atomic E-state index is 14.0. The van der Waals surface area contributed by atoms with Gasteiger partial charge in [-0.25, -0.2) is 4.85 Å². The Labute approximate surface area is 164 Å². The first-order valence-electron chi connectivity index (χ1n) is 10.5. The monoisotopic (exact) mass is 366 g/mol. The van der Waals surface area contributed by atoms with E-state index in [0.717, 1.165) is 73.0 Å². The van der Waals surface area contributed by atoms with Crippen LogP contribution in [0.15, 0.2) is 36.5 Å². The zero-order valence-corrected chi connectivity index (χ0v) is 15.9. The van der Waals surface area contributed by atoms with Gasteiger partial charge in [0, 0.05) is 11.6 Å². The fourth-order valence-electron chi connectivity index (χ4n) is 6.61. The molecule has 2 spiro atoms. The van der Waals surface area contributed by atoms with E-state index in [2.05, 4.69) is 23.0 Å². The van der Waals surface area contributed by atoms with Gasteiger partial charge in [0.25, 0.3) is 0 Å². The molecule has 0 saturated heterocycles. The van der Waals surface area contributed by atoms with Crippen molar-refractivity contribution in [3.63, 3.8) is 0 Å². The van der Waals surface area contributed by atoms with Gasteiger partial charge in [-0.05, 0) is 47.6 Å². The molecule has 6 rings (SSSR count). The molecule has 138 valence electrons. The molecule has 2 fully saturated rings. The Balaban J connectivity index is 1.75. The minimum atomic E-state index is -0.300. The molecule has 0 bridgehead atoms. The highest BCUT2D eigenvalue weighted by molar-refractivity contribution is 6.15. The largest absolute Gasteiger partial charge is 0.298 e. The maximum Gasteiger partial charge on any atom is 0.194 e. The first-order valence-corrected chi connectivity index (χ1v) is 10.5. The minimum Gasteiger partial charge on any atom is -0.298 e. The smallest absolute Gasteiger partial charge is 0.194 e. The number of carbonyl (C=O) groups excluding carboxylic acids is 1. The predicted molar refractivity (Wildman–Crippen MR) is 111 cm³/mol. The molecule has 3 nitrogen and oxygen atoms in total. The van der Waals surface area contributed by atoms with Crippen LogP contribution in [0.2, 0.25) is 0 Å². The highest BCUT2D eigenvalue weighted by Crippen LogP contribution is 2.61. The van der Waals surface area contributed by atoms with E-state index < -0.39 is 0 Å². The number of fused-ring (bicyclic) bond motifs is 7. The SMILES string of the molecule is [C-]#[N+]c1cccc2c1ccc1c3c(cnc12)C1(CCCC1)C(=O)C31CCCC1. The molecule has 0 N–H and O–H groups in total. The summed E-state index contributed by atoms with van der Waals surface area (Å²) in [7, 11) is 0. The van der Waals surface area contributed by atoms with E-state index in [1.54, 1.807) is 0 Å². The van der Waals surface area contributed by atoms with Crippen molar-refractivity contribution in [3.8, 4) is 0 Å². The molecular formula is C25H22N2O. The van der Waals surface area contributed by atoms with Gasteiger partial charge < -0.3 is 0 Å². The van der Waals surface area contributed by atoms with Gasteiger partial charge >= 0.3 is 0 Å². The molecule has 3 aliphatic carbocycles. The summed E-state index contributed by atoms with van der Waals surface area (Å²) in [6.07, 6.45) is 10.5. The number of benzene rings is 2. The molecule has 0 radical (unpaired) electrons. The van der Waals surface area contributed by atoms with Crippen LogP contribution in [0.1, 0.15) is 62.5 Å². The van der Waals surface area contributed by atoms with E-state index >= 15 is 0 Å². The third-order valence-electron chi connectivity index (χ3n) is 7.77. The van der Waals surface area contributed by atoms with Crippen molar-refractivity contribution in [2.45, 2.75) is 62.2 Å². The summed E-state index contributed by atoms with van der Waals surface area (Å²) in [6, 6.07) is 10.1. The molecule has 0 unspecified atom stereocenters. The highest BCUT2D eigenvalue weighted by atomic mass is 16.1. The Morgan fingerprint density at radius 3 is 2.25 bits per heavy atom. The fraction of sp³-hybridized carbons (Fsp3) is 0.400. The van der Waals surface area contributed by atoms with E-state index in [-0.39, 0.29) is 10.8 Å². The fourth-order valence-corrected chi connectivity index (χ4v) is 6.61. The van der Waals surface area contributed by atoms with Crippen LogP contribution in [0, 0.1) is 6.57 Å². The van der Waals surface area contributed by atoms with Crippen molar-refractivity contribution in [1.29, 1.82) is 0 Å². The molecule has 0 atom stereocenters. The average Bonchev–Trinajstić information content (AvgIpc) is 3.46. The van der Waals surface area contributed by atoms with Crippen LogP contribution in [-0.2, 0) is 15.6 Å². The lowest BCUT2D eigenvalue weighted by atomic mass is 9.73. The summed E-state index contributed by atoms with van der Waals surface area (Å²) < 4.78 is 0. The quantitative estimate of drug-likeness (QED) is 0.353. The molecule has 3 aliphatic rings. The number of aromatic nitrogens is 1. The van der Waals surface area contributed by atoms with Crippen LogP contribution in [0.25, 0.3) is 26.5 Å². The first kappa shape index (κ1) is 16.2. The summed E-state index contributed by atoms with van der Waals surface area (Å²) in [4.78, 5) is 22.5. The number of ketones is 1. The van der Waals surface area contributed by atoms with Gasteiger partial charge in [-0.1, -0.05) is 56.0 Å². The molecule has 0 amide bonds. The van der Waals surface area contributed by atoms with Crippen molar-refractivity contribution in [1.82, 2.24) is 4.98 Å². The number of hydrogen-bond acceptors (Lipinski definition) is 2. The summed E-state index contributed by atoms with van der Waals surface area (Å²) in [5.41, 5.74) is 3.55. The summed E-state index contributed by atoms with van der Waals surface area (Å²) in [5, 5.41) is 3.13. The molecule has 2 saturated carbocycles. The Morgan fingerprint density at radius 2 is 1.54 bits per heavy atom. The highest BCUT2D eigenvalue weighted by Gasteiger charge is 2.61. The molecule has 1 heterocycles. The van der Waals surface area contributed by atoms with Crippen LogP contribution < -0.4 is 0 Å². The summed E-state index contributed by atoms with van der Waals surface area (Å²) >= 11 is 0. The van der Waals surface area contributed by atoms with Gasteiger partial charge in [0.15, 0.2) is 11.5 Å². The molecular weight excluding hydrogens is 344 g/mol. The van der Waals surface area contributed by atoms with Gasteiger partial charge in [-0.2, -0.15) is 0 Å². The van der Waals surface area contributed by atoms with Crippen molar-refractivity contribution in [2.75, 3.05) is 0 Å². The summed E-state index contributed by atoms with van der Waals surface area (Å²) in [5.74, 6) is 0.495. The van der Waals surface area contributed by atoms with Crippen molar-refractivity contribution in [2.24, 2.45) is 0 Å². The number of hydrogen-bond donors (Lipinski definition) is 0. The van der Waals surface area contributed by atoms with Gasteiger partial charge in [0.05, 0.1) is 22.9 Å². The average molecular weight is 366 g/mol. The molecule has 2 aromatic carbocycles. The lowest BCUT2D eigenvalue weighted by Gasteiger charge is -2.27. The second-order valence-electron chi connectivity index (χ2n) is 8.90.